The predicted octanol–water partition coefficient (Wildman–Crippen LogP) is 5.60. The molecule has 0 aliphatic carbocycles. The molecule has 1 atom stereocenters. The first-order chi connectivity index (χ1) is 20.9. The normalized spacial score (nSPS) is 15.5. The van der Waals surface area contributed by atoms with Gasteiger partial charge in [0.05, 0.1) is 18.0 Å². The highest BCUT2D eigenvalue weighted by Gasteiger charge is 2.30. The topological polar surface area (TPSA) is 116 Å². The number of benzene rings is 1. The van der Waals surface area contributed by atoms with Crippen molar-refractivity contribution in [2.45, 2.75) is 57.9 Å². The van der Waals surface area contributed by atoms with Crippen LogP contribution in [0.3, 0.4) is 0 Å². The number of hydrogen-bond acceptors (Lipinski definition) is 9. The first-order valence-corrected chi connectivity index (χ1v) is 15.3. The number of nitrogens with one attached hydrogen (secondary N) is 1. The number of halogens is 3. The Kier molecular flexibility index (Phi) is 9.24. The van der Waals surface area contributed by atoms with Gasteiger partial charge in [-0.25, -0.2) is 9.97 Å². The molecule has 13 heteroatoms. The molecule has 1 aliphatic rings. The highest BCUT2D eigenvalue weighted by atomic mass is 32.1. The summed E-state index contributed by atoms with van der Waals surface area (Å²) in [6.45, 7) is 6.06. The largest absolute Gasteiger partial charge is 0.390 e. The first kappa shape index (κ1) is 31.4. The van der Waals surface area contributed by atoms with Crippen LogP contribution < -0.4 is 16.6 Å². The van der Waals surface area contributed by atoms with E-state index in [2.05, 4.69) is 20.2 Å². The van der Waals surface area contributed by atoms with Gasteiger partial charge in [-0.05, 0) is 75.6 Å². The number of pyridine rings is 1. The van der Waals surface area contributed by atoms with Crippen molar-refractivity contribution < 1.29 is 13.2 Å². The molecule has 0 radical (unpaired) electrons. The molecule has 1 saturated heterocycles. The van der Waals surface area contributed by atoms with E-state index in [1.165, 1.54) is 17.7 Å². The van der Waals surface area contributed by atoms with Crippen LogP contribution in [-0.2, 0) is 6.54 Å². The maximum atomic E-state index is 14.0. The lowest BCUT2D eigenvalue weighted by Crippen LogP contribution is -2.43. The van der Waals surface area contributed by atoms with Crippen LogP contribution in [0.5, 0.6) is 0 Å². The minimum atomic E-state index is -4.15. The number of aromatic nitrogens is 3. The number of nitrogens with two attached hydrogens (primary N) is 1. The monoisotopic (exact) mass is 624 g/mol. The lowest BCUT2D eigenvalue weighted by molar-refractivity contribution is -0.138. The van der Waals surface area contributed by atoms with E-state index in [0.29, 0.717) is 17.9 Å². The Morgan fingerprint density at radius 1 is 1.25 bits per heavy atom. The van der Waals surface area contributed by atoms with Crippen LogP contribution in [-0.4, -0.2) is 63.1 Å². The van der Waals surface area contributed by atoms with Gasteiger partial charge in [-0.3, -0.25) is 14.1 Å². The van der Waals surface area contributed by atoms with Gasteiger partial charge in [-0.1, -0.05) is 18.2 Å². The third-order valence-corrected chi connectivity index (χ3v) is 9.27. The fourth-order valence-corrected chi connectivity index (χ4v) is 6.77. The number of nitrogen functional groups attached to an aromatic ring is 1. The van der Waals surface area contributed by atoms with Crippen LogP contribution in [0.2, 0.25) is 0 Å². The van der Waals surface area contributed by atoms with Gasteiger partial charge in [0.25, 0.3) is 5.56 Å². The molecule has 1 aliphatic heterocycles. The van der Waals surface area contributed by atoms with E-state index in [4.69, 9.17) is 5.73 Å². The van der Waals surface area contributed by atoms with Crippen LogP contribution in [0.4, 0.5) is 24.8 Å². The Labute approximate surface area is 257 Å². The fourth-order valence-electron chi connectivity index (χ4n) is 5.84. The molecule has 0 spiro atoms. The summed E-state index contributed by atoms with van der Waals surface area (Å²) in [5.41, 5.74) is 9.89. The van der Waals surface area contributed by atoms with Crippen molar-refractivity contribution >= 4 is 27.8 Å². The van der Waals surface area contributed by atoms with Gasteiger partial charge in [0.2, 0.25) is 0 Å². The highest BCUT2D eigenvalue weighted by molar-refractivity contribution is 7.15. The Hall–Kier alpha value is -3.99. The molecule has 9 nitrogen and oxygen atoms in total. The third kappa shape index (κ3) is 6.88. The van der Waals surface area contributed by atoms with Gasteiger partial charge in [-0.2, -0.15) is 18.4 Å². The predicted molar refractivity (Wildman–Crippen MR) is 167 cm³/mol. The van der Waals surface area contributed by atoms with Gasteiger partial charge in [0, 0.05) is 30.2 Å². The Bertz CT molecular complexity index is 1740. The first-order valence-electron chi connectivity index (χ1n) is 14.4. The molecule has 1 aromatic carbocycles. The summed E-state index contributed by atoms with van der Waals surface area (Å²) in [5.74, 6) is 0.369. The summed E-state index contributed by atoms with van der Waals surface area (Å²) in [6, 6.07) is 11.7. The van der Waals surface area contributed by atoms with Gasteiger partial charge in [0.15, 0.2) is 0 Å². The van der Waals surface area contributed by atoms with Crippen molar-refractivity contribution in [1.29, 1.82) is 5.26 Å². The molecule has 1 fully saturated rings. The number of aryl methyl sites for hydroxylation is 1. The number of alkyl halides is 3. The van der Waals surface area contributed by atoms with E-state index in [-0.39, 0.29) is 29.5 Å². The number of anilines is 2. The SMILES string of the molecule is Cc1csc2cc([C@H](C)Nc3ncnc(N)c3C#N)c(-c3cccc(CN4CCC(N(C)CCC(F)(F)F)CC4)c3)c(=O)n12. The second-order valence-electron chi connectivity index (χ2n) is 11.3. The Morgan fingerprint density at radius 3 is 2.70 bits per heavy atom. The van der Waals surface area contributed by atoms with E-state index < -0.39 is 18.6 Å². The zero-order valence-electron chi connectivity index (χ0n) is 24.9. The van der Waals surface area contributed by atoms with Crippen LogP contribution in [0, 0.1) is 18.3 Å². The quantitative estimate of drug-likeness (QED) is 0.247. The molecular formula is C31H35F3N8OS. The Morgan fingerprint density at radius 2 is 2.00 bits per heavy atom. The second-order valence-corrected chi connectivity index (χ2v) is 12.2. The number of fused-ring (bicyclic) bond motifs is 1. The minimum absolute atomic E-state index is 0.0117. The minimum Gasteiger partial charge on any atom is -0.382 e. The molecule has 0 bridgehead atoms. The zero-order valence-corrected chi connectivity index (χ0v) is 25.7. The molecule has 0 saturated carbocycles. The van der Waals surface area contributed by atoms with Crippen LogP contribution in [0.1, 0.15) is 54.6 Å². The number of rotatable bonds is 9. The summed E-state index contributed by atoms with van der Waals surface area (Å²) in [7, 11) is 1.77. The standard InChI is InChI=1S/C31H35F3N8OS/c1-19-17-44-26-14-24(20(2)39-29-25(15-35)28(36)37-18-38-29)27(30(43)42(19)26)22-6-4-5-21(13-22)16-41-10-7-23(8-11-41)40(3)12-9-31(32,33)34/h4-6,13-14,17-18,20,23H,7-12,16H2,1-3H3,(H3,36,37,38,39)/t20-/m0/s1. The van der Waals surface area contributed by atoms with Crippen molar-refractivity contribution in [2.75, 3.05) is 37.7 Å². The average molecular weight is 625 g/mol. The highest BCUT2D eigenvalue weighted by Crippen LogP contribution is 2.32. The van der Waals surface area contributed by atoms with E-state index in [1.54, 1.807) is 11.4 Å². The molecule has 0 amide bonds. The maximum Gasteiger partial charge on any atom is 0.390 e. The van der Waals surface area contributed by atoms with Gasteiger partial charge in [0.1, 0.15) is 34.4 Å². The smallest absolute Gasteiger partial charge is 0.382 e. The Balaban J connectivity index is 1.40. The lowest BCUT2D eigenvalue weighted by atomic mass is 9.95. The van der Waals surface area contributed by atoms with Crippen molar-refractivity contribution in [3.05, 3.63) is 74.8 Å². The van der Waals surface area contributed by atoms with Gasteiger partial charge >= 0.3 is 6.18 Å². The molecule has 232 valence electrons. The van der Waals surface area contributed by atoms with Crippen molar-refractivity contribution in [3.63, 3.8) is 0 Å². The zero-order chi connectivity index (χ0) is 31.6. The van der Waals surface area contributed by atoms with Crippen molar-refractivity contribution in [1.82, 2.24) is 24.2 Å². The second kappa shape index (κ2) is 12.9. The fraction of sp³-hybridized carbons (Fsp3) is 0.419. The van der Waals surface area contributed by atoms with E-state index in [0.717, 1.165) is 53.1 Å². The van der Waals surface area contributed by atoms with Gasteiger partial charge < -0.3 is 16.0 Å². The number of likely N-dealkylation sites (tertiary alicyclic amines) is 1. The molecular weight excluding hydrogens is 589 g/mol. The summed E-state index contributed by atoms with van der Waals surface area (Å²) in [5, 5.41) is 14.8. The summed E-state index contributed by atoms with van der Waals surface area (Å²) < 4.78 is 39.8. The van der Waals surface area contributed by atoms with E-state index in [1.807, 2.05) is 60.5 Å². The number of hydrogen-bond donors (Lipinski definition) is 2. The molecule has 5 rings (SSSR count). The number of piperidine rings is 1. The number of nitrogens with zero attached hydrogens (tertiary/aromatic N) is 6. The molecule has 4 heterocycles. The molecule has 0 unspecified atom stereocenters. The van der Waals surface area contributed by atoms with Crippen LogP contribution >= 0.6 is 11.3 Å². The maximum absolute atomic E-state index is 14.0. The summed E-state index contributed by atoms with van der Waals surface area (Å²) in [6.07, 6.45) is -2.05. The third-order valence-electron chi connectivity index (χ3n) is 8.27. The van der Waals surface area contributed by atoms with E-state index in [9.17, 15) is 23.2 Å². The molecule has 3 aromatic heterocycles. The lowest BCUT2D eigenvalue weighted by Gasteiger charge is -2.37. The summed E-state index contributed by atoms with van der Waals surface area (Å²) >= 11 is 1.48. The molecule has 44 heavy (non-hydrogen) atoms. The van der Waals surface area contributed by atoms with Gasteiger partial charge in [-0.15, -0.1) is 11.3 Å². The van der Waals surface area contributed by atoms with Crippen LogP contribution in [0.15, 0.2) is 46.8 Å². The van der Waals surface area contributed by atoms with Crippen molar-refractivity contribution in [3.8, 4) is 17.2 Å². The molecule has 4 aromatic rings. The average Bonchev–Trinajstić information content (AvgIpc) is 3.36. The molecule has 3 N–H and O–H groups in total. The number of nitriles is 1. The van der Waals surface area contributed by atoms with Crippen LogP contribution in [0.25, 0.3) is 16.0 Å². The van der Waals surface area contributed by atoms with Crippen molar-refractivity contribution in [2.24, 2.45) is 0 Å². The van der Waals surface area contributed by atoms with E-state index >= 15 is 0 Å². The summed E-state index contributed by atoms with van der Waals surface area (Å²) in [4.78, 5) is 27.1. The number of thiazole rings is 1.